The normalized spacial score (nSPS) is 16.2. The van der Waals surface area contributed by atoms with Crippen LogP contribution >= 0.6 is 11.8 Å². The Morgan fingerprint density at radius 1 is 1.28 bits per heavy atom. The first-order valence-electron chi connectivity index (χ1n) is 8.43. The molecule has 0 atom stereocenters. The van der Waals surface area contributed by atoms with Gasteiger partial charge in [-0.3, -0.25) is 4.79 Å². The molecule has 0 radical (unpaired) electrons. The summed E-state index contributed by atoms with van der Waals surface area (Å²) in [4.78, 5) is 12.3. The number of amides is 1. The Hall–Kier alpha value is -2.33. The number of carbonyl (C=O) groups excluding carboxylic acids is 1. The summed E-state index contributed by atoms with van der Waals surface area (Å²) >= 11 is 1.34. The first-order chi connectivity index (χ1) is 12.1. The van der Waals surface area contributed by atoms with Gasteiger partial charge in [0.15, 0.2) is 11.0 Å². The van der Waals surface area contributed by atoms with Crippen molar-refractivity contribution in [2.24, 2.45) is 7.05 Å². The molecule has 1 aromatic carbocycles. The van der Waals surface area contributed by atoms with Crippen LogP contribution in [0.2, 0.25) is 0 Å². The molecule has 3 rings (SSSR count). The van der Waals surface area contributed by atoms with E-state index in [4.69, 9.17) is 0 Å². The molecule has 1 heterocycles. The van der Waals surface area contributed by atoms with Crippen molar-refractivity contribution in [2.75, 3.05) is 5.75 Å². The van der Waals surface area contributed by atoms with Crippen LogP contribution < -0.4 is 5.32 Å². The molecule has 1 saturated carbocycles. The van der Waals surface area contributed by atoms with E-state index < -0.39 is 5.54 Å². The number of aromatic nitrogens is 3. The lowest BCUT2D eigenvalue weighted by Gasteiger charge is -2.31. The molecule has 0 unspecified atom stereocenters. The second-order valence-electron chi connectivity index (χ2n) is 6.32. The third-order valence-corrected chi connectivity index (χ3v) is 5.52. The molecular formula is C18H21N5OS. The Morgan fingerprint density at radius 2 is 2.00 bits per heavy atom. The molecule has 6 nitrogen and oxygen atoms in total. The maximum absolute atomic E-state index is 12.3. The number of carbonyl (C=O) groups is 1. The predicted molar refractivity (Wildman–Crippen MR) is 96.7 cm³/mol. The van der Waals surface area contributed by atoms with Gasteiger partial charge in [0.2, 0.25) is 5.91 Å². The minimum Gasteiger partial charge on any atom is -0.337 e. The Kier molecular flexibility index (Phi) is 5.39. The number of benzene rings is 1. The van der Waals surface area contributed by atoms with Gasteiger partial charge in [-0.25, -0.2) is 0 Å². The van der Waals surface area contributed by atoms with Crippen molar-refractivity contribution in [1.29, 1.82) is 5.26 Å². The van der Waals surface area contributed by atoms with Gasteiger partial charge >= 0.3 is 0 Å². The second-order valence-corrected chi connectivity index (χ2v) is 7.27. The third kappa shape index (κ3) is 4.02. The lowest BCUT2D eigenvalue weighted by Crippen LogP contribution is -2.49. The number of nitrogens with zero attached hydrogens (tertiary/aromatic N) is 4. The topological polar surface area (TPSA) is 83.6 Å². The largest absolute Gasteiger partial charge is 0.337 e. The summed E-state index contributed by atoms with van der Waals surface area (Å²) in [6, 6.07) is 12.1. The highest BCUT2D eigenvalue weighted by molar-refractivity contribution is 7.99. The maximum Gasteiger partial charge on any atom is 0.231 e. The Bertz CT molecular complexity index is 775. The van der Waals surface area contributed by atoms with Crippen molar-refractivity contribution >= 4 is 17.7 Å². The predicted octanol–water partition coefficient (Wildman–Crippen LogP) is 2.92. The summed E-state index contributed by atoms with van der Waals surface area (Å²) < 4.78 is 1.88. The molecule has 25 heavy (non-hydrogen) atoms. The highest BCUT2D eigenvalue weighted by Gasteiger charge is 2.33. The number of hydrogen-bond acceptors (Lipinski definition) is 5. The van der Waals surface area contributed by atoms with E-state index in [9.17, 15) is 10.1 Å². The molecule has 7 heteroatoms. The minimum atomic E-state index is -0.690. The maximum atomic E-state index is 12.3. The lowest BCUT2D eigenvalue weighted by molar-refractivity contribution is -0.120. The molecule has 0 aliphatic heterocycles. The number of nitrogens with one attached hydrogen (secondary N) is 1. The van der Waals surface area contributed by atoms with Crippen LogP contribution in [0.15, 0.2) is 35.5 Å². The van der Waals surface area contributed by atoms with Gasteiger partial charge in [-0.05, 0) is 12.8 Å². The molecule has 2 aromatic rings. The Balaban J connectivity index is 1.61. The molecule has 1 aliphatic rings. The van der Waals surface area contributed by atoms with Crippen molar-refractivity contribution in [3.63, 3.8) is 0 Å². The van der Waals surface area contributed by atoms with Crippen LogP contribution in [0.25, 0.3) is 11.4 Å². The fourth-order valence-corrected chi connectivity index (χ4v) is 3.84. The number of thioether (sulfide) groups is 1. The number of nitriles is 1. The molecule has 1 aliphatic carbocycles. The lowest BCUT2D eigenvalue weighted by atomic mass is 9.83. The van der Waals surface area contributed by atoms with Crippen LogP contribution in [-0.2, 0) is 11.8 Å². The summed E-state index contributed by atoms with van der Waals surface area (Å²) in [6.07, 6.45) is 4.59. The standard InChI is InChI=1S/C18H21N5OS/c1-23-16(14-8-4-2-5-9-14)21-22-17(23)25-12-15(24)20-18(13-19)10-6-3-7-11-18/h2,4-5,8-9H,3,6-7,10-12H2,1H3,(H,20,24). The van der Waals surface area contributed by atoms with Crippen molar-refractivity contribution in [1.82, 2.24) is 20.1 Å². The summed E-state index contributed by atoms with van der Waals surface area (Å²) in [6.45, 7) is 0. The summed E-state index contributed by atoms with van der Waals surface area (Å²) in [5.41, 5.74) is 0.296. The van der Waals surface area contributed by atoms with Gasteiger partial charge in [-0.1, -0.05) is 61.4 Å². The van der Waals surface area contributed by atoms with Crippen LogP contribution in [0.1, 0.15) is 32.1 Å². The molecule has 0 saturated heterocycles. The van der Waals surface area contributed by atoms with Crippen LogP contribution in [0.3, 0.4) is 0 Å². The average molecular weight is 355 g/mol. The van der Waals surface area contributed by atoms with Crippen LogP contribution in [0.4, 0.5) is 0 Å². The monoisotopic (exact) mass is 355 g/mol. The zero-order valence-corrected chi connectivity index (χ0v) is 15.1. The SMILES string of the molecule is Cn1c(SCC(=O)NC2(C#N)CCCCC2)nnc1-c1ccccc1. The van der Waals surface area contributed by atoms with Gasteiger partial charge in [0, 0.05) is 12.6 Å². The van der Waals surface area contributed by atoms with E-state index in [-0.39, 0.29) is 11.7 Å². The molecule has 0 spiro atoms. The molecule has 130 valence electrons. The number of hydrogen-bond donors (Lipinski definition) is 1. The highest BCUT2D eigenvalue weighted by atomic mass is 32.2. The fourth-order valence-electron chi connectivity index (χ4n) is 3.13. The fraction of sp³-hybridized carbons (Fsp3) is 0.444. The first kappa shape index (κ1) is 17.5. The van der Waals surface area contributed by atoms with E-state index >= 15 is 0 Å². The van der Waals surface area contributed by atoms with E-state index in [1.165, 1.54) is 11.8 Å². The van der Waals surface area contributed by atoms with Gasteiger partial charge in [0.05, 0.1) is 11.8 Å². The van der Waals surface area contributed by atoms with E-state index in [1.54, 1.807) is 0 Å². The van der Waals surface area contributed by atoms with E-state index in [1.807, 2.05) is 41.9 Å². The second kappa shape index (κ2) is 7.70. The summed E-state index contributed by atoms with van der Waals surface area (Å²) in [7, 11) is 1.89. The summed E-state index contributed by atoms with van der Waals surface area (Å²) in [5.74, 6) is 0.867. The van der Waals surface area contributed by atoms with Crippen molar-refractivity contribution < 1.29 is 4.79 Å². The highest BCUT2D eigenvalue weighted by Crippen LogP contribution is 2.28. The quantitative estimate of drug-likeness (QED) is 0.834. The Morgan fingerprint density at radius 3 is 2.68 bits per heavy atom. The van der Waals surface area contributed by atoms with Crippen LogP contribution in [0, 0.1) is 11.3 Å². The van der Waals surface area contributed by atoms with Gasteiger partial charge < -0.3 is 9.88 Å². The zero-order chi connectivity index (χ0) is 17.7. The third-order valence-electron chi connectivity index (χ3n) is 4.50. The average Bonchev–Trinajstić information content (AvgIpc) is 3.02. The van der Waals surface area contributed by atoms with Gasteiger partial charge in [-0.2, -0.15) is 5.26 Å². The number of rotatable bonds is 5. The molecule has 1 N–H and O–H groups in total. The van der Waals surface area contributed by atoms with Crippen molar-refractivity contribution in [3.8, 4) is 17.5 Å². The molecule has 1 aromatic heterocycles. The smallest absolute Gasteiger partial charge is 0.231 e. The van der Waals surface area contributed by atoms with Gasteiger partial charge in [0.25, 0.3) is 0 Å². The summed E-state index contributed by atoms with van der Waals surface area (Å²) in [5, 5.41) is 21.5. The van der Waals surface area contributed by atoms with Crippen LogP contribution in [-0.4, -0.2) is 32.0 Å². The van der Waals surface area contributed by atoms with E-state index in [0.717, 1.165) is 43.5 Å². The zero-order valence-electron chi connectivity index (χ0n) is 14.2. The first-order valence-corrected chi connectivity index (χ1v) is 9.42. The van der Waals surface area contributed by atoms with Gasteiger partial charge in [0.1, 0.15) is 5.54 Å². The van der Waals surface area contributed by atoms with Crippen molar-refractivity contribution in [3.05, 3.63) is 30.3 Å². The van der Waals surface area contributed by atoms with Crippen LogP contribution in [0.5, 0.6) is 0 Å². The van der Waals surface area contributed by atoms with E-state index in [2.05, 4.69) is 21.6 Å². The van der Waals surface area contributed by atoms with Gasteiger partial charge in [-0.15, -0.1) is 10.2 Å². The molecule has 1 fully saturated rings. The Labute approximate surface area is 151 Å². The molecule has 0 bridgehead atoms. The minimum absolute atomic E-state index is 0.127. The molecule has 1 amide bonds. The van der Waals surface area contributed by atoms with Crippen molar-refractivity contribution in [2.45, 2.75) is 42.8 Å². The van der Waals surface area contributed by atoms with E-state index in [0.29, 0.717) is 5.16 Å². The molecular weight excluding hydrogens is 334 g/mol.